The maximum Gasteiger partial charge on any atom is 0.107 e. The van der Waals surface area contributed by atoms with Crippen LogP contribution in [0.1, 0.15) is 66.2 Å². The molecule has 0 bridgehead atoms. The lowest BCUT2D eigenvalue weighted by atomic mass is 9.86. The van der Waals surface area contributed by atoms with Gasteiger partial charge < -0.3 is 9.80 Å². The van der Waals surface area contributed by atoms with Crippen LogP contribution < -0.4 is 0 Å². The zero-order chi connectivity index (χ0) is 28.9. The molecule has 0 saturated carbocycles. The minimum absolute atomic E-state index is 0.302. The molecule has 2 saturated heterocycles. The number of hydrogen-bond donors (Lipinski definition) is 0. The van der Waals surface area contributed by atoms with Gasteiger partial charge in [-0.3, -0.25) is 0 Å². The highest BCUT2D eigenvalue weighted by molar-refractivity contribution is 8.04. The summed E-state index contributed by atoms with van der Waals surface area (Å²) in [6.45, 7) is 11.5. The molecule has 0 aromatic heterocycles. The smallest absolute Gasteiger partial charge is 0.107 e. The van der Waals surface area contributed by atoms with Crippen LogP contribution in [0.25, 0.3) is 0 Å². The van der Waals surface area contributed by atoms with Gasteiger partial charge in [-0.25, -0.2) is 0 Å². The van der Waals surface area contributed by atoms with Crippen molar-refractivity contribution >= 4 is 116 Å². The fraction of sp³-hybridized carbons (Fsp3) is 0.733. The summed E-state index contributed by atoms with van der Waals surface area (Å²) in [5.41, 5.74) is 0.605. The van der Waals surface area contributed by atoms with E-state index in [0.717, 1.165) is 45.9 Å². The van der Waals surface area contributed by atoms with E-state index < -0.39 is 0 Å². The van der Waals surface area contributed by atoms with Gasteiger partial charge in [-0.1, -0.05) is 76.6 Å². The number of thiocarbonyl (C=S) groups is 4. The maximum atomic E-state index is 5.84. The molecule has 4 aliphatic rings. The molecule has 4 aliphatic heterocycles. The summed E-state index contributed by atoms with van der Waals surface area (Å²) in [5, 5.41) is 0. The molecule has 4 rings (SSSR count). The van der Waals surface area contributed by atoms with Crippen LogP contribution in [0.2, 0.25) is 0 Å². The normalized spacial score (nSPS) is 23.5. The van der Waals surface area contributed by atoms with Crippen molar-refractivity contribution < 1.29 is 0 Å². The van der Waals surface area contributed by atoms with Crippen LogP contribution in [0, 0.1) is 22.7 Å². The molecule has 222 valence electrons. The number of thioether (sulfide) groups is 4. The summed E-state index contributed by atoms with van der Waals surface area (Å²) in [6, 6.07) is 0. The Kier molecular flexibility index (Phi) is 12.8. The summed E-state index contributed by atoms with van der Waals surface area (Å²) in [5.74, 6) is 8.15. The summed E-state index contributed by atoms with van der Waals surface area (Å²) < 4.78 is 0. The van der Waals surface area contributed by atoms with Gasteiger partial charge in [0.05, 0.1) is 9.98 Å². The zero-order valence-corrected chi connectivity index (χ0v) is 30.9. The molecule has 0 N–H and O–H groups in total. The van der Waals surface area contributed by atoms with Crippen molar-refractivity contribution in [3.63, 3.8) is 0 Å². The molecule has 4 heterocycles. The van der Waals surface area contributed by atoms with E-state index in [1.165, 1.54) is 70.0 Å². The highest BCUT2D eigenvalue weighted by Crippen LogP contribution is 2.42. The quantitative estimate of drug-likeness (QED) is 0.121. The molecule has 0 spiro atoms. The van der Waals surface area contributed by atoms with Gasteiger partial charge in [0, 0.05) is 36.4 Å². The first-order valence-corrected chi connectivity index (χ1v) is 20.4. The van der Waals surface area contributed by atoms with E-state index in [1.54, 1.807) is 0 Å². The monoisotopic (exact) mass is 688 g/mol. The van der Waals surface area contributed by atoms with Crippen LogP contribution in [0.15, 0.2) is 22.0 Å². The van der Waals surface area contributed by atoms with Crippen molar-refractivity contribution in [2.24, 2.45) is 22.7 Å². The molecule has 0 radical (unpaired) electrons. The van der Waals surface area contributed by atoms with Gasteiger partial charge in [-0.05, 0) is 94.3 Å². The Morgan fingerprint density at radius 1 is 0.675 bits per heavy atom. The van der Waals surface area contributed by atoms with Gasteiger partial charge in [0.2, 0.25) is 0 Å². The van der Waals surface area contributed by atoms with Crippen LogP contribution >= 0.6 is 95.9 Å². The number of nitrogens with zero attached hydrogens (tertiary/aromatic N) is 2. The van der Waals surface area contributed by atoms with Crippen molar-refractivity contribution in [1.29, 1.82) is 0 Å². The molecular weight excluding hydrogens is 645 g/mol. The Morgan fingerprint density at radius 2 is 1.07 bits per heavy atom. The van der Waals surface area contributed by atoms with Gasteiger partial charge in [-0.15, -0.1) is 23.5 Å². The predicted molar refractivity (Wildman–Crippen MR) is 202 cm³/mol. The van der Waals surface area contributed by atoms with E-state index in [-0.39, 0.29) is 0 Å². The van der Waals surface area contributed by atoms with E-state index >= 15 is 0 Å². The summed E-state index contributed by atoms with van der Waals surface area (Å²) in [7, 11) is 0. The lowest BCUT2D eigenvalue weighted by Crippen LogP contribution is -2.42. The maximum absolute atomic E-state index is 5.84. The van der Waals surface area contributed by atoms with Crippen molar-refractivity contribution in [1.82, 2.24) is 9.80 Å². The molecule has 2 fully saturated rings. The summed E-state index contributed by atoms with van der Waals surface area (Å²) >= 11 is 31.2. The molecule has 40 heavy (non-hydrogen) atoms. The second kappa shape index (κ2) is 15.2. The fourth-order valence-electron chi connectivity index (χ4n) is 5.38. The molecule has 0 aromatic rings. The highest BCUT2D eigenvalue weighted by atomic mass is 32.2. The zero-order valence-electron chi connectivity index (χ0n) is 24.4. The van der Waals surface area contributed by atoms with Crippen molar-refractivity contribution in [3.8, 4) is 0 Å². The summed E-state index contributed by atoms with van der Waals surface area (Å²) in [4.78, 5) is 11.3. The lowest BCUT2D eigenvalue weighted by molar-refractivity contribution is 0.304. The minimum atomic E-state index is 0.302. The Balaban J connectivity index is 1.05. The minimum Gasteiger partial charge on any atom is -0.327 e. The average molecular weight is 689 g/mol. The third kappa shape index (κ3) is 9.18. The summed E-state index contributed by atoms with van der Waals surface area (Å²) in [6.07, 6.45) is 11.5. The first kappa shape index (κ1) is 33.7. The van der Waals surface area contributed by atoms with Gasteiger partial charge >= 0.3 is 0 Å². The topological polar surface area (TPSA) is 6.48 Å². The molecule has 10 heteroatoms. The van der Waals surface area contributed by atoms with Gasteiger partial charge in [0.15, 0.2) is 0 Å². The SMILES string of the molecule is CC(C)(CCSCCSCCC(C)(C)CCN1C(=S)C=C2SCCC2C1=S)CCN1C(=S)C=C2SCCC2C1=S. The van der Waals surface area contributed by atoms with E-state index in [2.05, 4.69) is 73.2 Å². The fourth-order valence-corrected chi connectivity index (χ4v) is 12.5. The molecular formula is C30H44N2S8. The van der Waals surface area contributed by atoms with Crippen LogP contribution in [-0.2, 0) is 0 Å². The third-order valence-corrected chi connectivity index (χ3v) is 14.7. The van der Waals surface area contributed by atoms with Crippen LogP contribution in [0.5, 0.6) is 0 Å². The van der Waals surface area contributed by atoms with E-state index in [4.69, 9.17) is 48.9 Å². The molecule has 2 nitrogen and oxygen atoms in total. The first-order valence-electron chi connectivity index (χ1n) is 14.5. The van der Waals surface area contributed by atoms with Gasteiger partial charge in [-0.2, -0.15) is 23.5 Å². The van der Waals surface area contributed by atoms with Crippen molar-refractivity contribution in [2.45, 2.75) is 66.2 Å². The molecule has 0 aliphatic carbocycles. The van der Waals surface area contributed by atoms with E-state index in [0.29, 0.717) is 22.7 Å². The molecule has 0 amide bonds. The largest absolute Gasteiger partial charge is 0.327 e. The first-order chi connectivity index (χ1) is 19.0. The van der Waals surface area contributed by atoms with E-state index in [9.17, 15) is 0 Å². The van der Waals surface area contributed by atoms with E-state index in [1.807, 2.05) is 23.5 Å². The number of fused-ring (bicyclic) bond motifs is 2. The van der Waals surface area contributed by atoms with Crippen LogP contribution in [0.4, 0.5) is 0 Å². The Labute approximate surface area is 281 Å². The second-order valence-electron chi connectivity index (χ2n) is 12.7. The molecule has 2 atom stereocenters. The standard InChI is InChI=1S/C30H44N2S8/c1-29(2,7-11-31-25(33)19-23-21(27(31)35)5-13-39-23)9-15-37-17-18-38-16-10-30(3,4)8-12-32-26(34)20-24-22(28(32)36)6-14-40-24/h19-22H,5-18H2,1-4H3. The van der Waals surface area contributed by atoms with Crippen molar-refractivity contribution in [3.05, 3.63) is 22.0 Å². The highest BCUT2D eigenvalue weighted by Gasteiger charge is 2.36. The third-order valence-electron chi connectivity index (χ3n) is 8.47. The predicted octanol–water partition coefficient (Wildman–Crippen LogP) is 9.28. The van der Waals surface area contributed by atoms with Gasteiger partial charge in [0.25, 0.3) is 0 Å². The molecule has 2 unspecified atom stereocenters. The molecule has 0 aromatic carbocycles. The van der Waals surface area contributed by atoms with Gasteiger partial charge in [0.1, 0.15) is 9.98 Å². The Morgan fingerprint density at radius 3 is 1.48 bits per heavy atom. The van der Waals surface area contributed by atoms with Crippen LogP contribution in [-0.4, -0.2) is 77.4 Å². The number of rotatable bonds is 15. The Hall–Kier alpha value is 0.840. The van der Waals surface area contributed by atoms with Crippen molar-refractivity contribution in [2.75, 3.05) is 47.6 Å². The number of hydrogen-bond acceptors (Lipinski definition) is 8. The Bertz CT molecular complexity index is 964. The lowest BCUT2D eigenvalue weighted by Gasteiger charge is -2.35. The van der Waals surface area contributed by atoms with Crippen LogP contribution in [0.3, 0.4) is 0 Å². The second-order valence-corrected chi connectivity index (χ2v) is 19.1. The average Bonchev–Trinajstić information content (AvgIpc) is 3.55.